The van der Waals surface area contributed by atoms with Crippen molar-refractivity contribution in [3.05, 3.63) is 58.9 Å². The predicted octanol–water partition coefficient (Wildman–Crippen LogP) is 2.74. The van der Waals surface area contributed by atoms with Gasteiger partial charge in [0.2, 0.25) is 0 Å². The molecule has 3 nitrogen and oxygen atoms in total. The smallest absolute Gasteiger partial charge is 0.120 e. The van der Waals surface area contributed by atoms with Gasteiger partial charge in [-0.05, 0) is 54.8 Å². The molecule has 94 valence electrons. The summed E-state index contributed by atoms with van der Waals surface area (Å²) in [5.41, 5.74) is 10.0. The van der Waals surface area contributed by atoms with E-state index >= 15 is 0 Å². The topological polar surface area (TPSA) is 48.1 Å². The Morgan fingerprint density at radius 3 is 2.67 bits per heavy atom. The molecule has 0 saturated carbocycles. The summed E-state index contributed by atoms with van der Waals surface area (Å²) in [4.78, 5) is 4.16. The number of benzene rings is 1. The van der Waals surface area contributed by atoms with Gasteiger partial charge in [0.15, 0.2) is 0 Å². The second-order valence-corrected chi connectivity index (χ2v) is 4.39. The summed E-state index contributed by atoms with van der Waals surface area (Å²) in [7, 11) is 0. The number of nitrogens with zero attached hydrogens (tertiary/aromatic N) is 1. The molecule has 0 amide bonds. The van der Waals surface area contributed by atoms with E-state index in [2.05, 4.69) is 31.0 Å². The van der Waals surface area contributed by atoms with Gasteiger partial charge in [-0.1, -0.05) is 6.07 Å². The molecular weight excluding hydrogens is 224 g/mol. The fourth-order valence-electron chi connectivity index (χ4n) is 1.70. The van der Waals surface area contributed by atoms with Gasteiger partial charge >= 0.3 is 0 Å². The van der Waals surface area contributed by atoms with Gasteiger partial charge in [-0.15, -0.1) is 0 Å². The van der Waals surface area contributed by atoms with Crippen LogP contribution in [0.1, 0.15) is 22.4 Å². The van der Waals surface area contributed by atoms with E-state index in [4.69, 9.17) is 10.5 Å². The monoisotopic (exact) mass is 242 g/mol. The summed E-state index contributed by atoms with van der Waals surface area (Å²) in [5, 5.41) is 0. The van der Waals surface area contributed by atoms with Gasteiger partial charge in [0.25, 0.3) is 0 Å². The zero-order valence-electron chi connectivity index (χ0n) is 10.8. The molecule has 18 heavy (non-hydrogen) atoms. The summed E-state index contributed by atoms with van der Waals surface area (Å²) < 4.78 is 5.76. The summed E-state index contributed by atoms with van der Waals surface area (Å²) >= 11 is 0. The van der Waals surface area contributed by atoms with Crippen molar-refractivity contribution in [2.45, 2.75) is 27.0 Å². The summed E-state index contributed by atoms with van der Waals surface area (Å²) in [6.45, 7) is 5.17. The van der Waals surface area contributed by atoms with E-state index in [-0.39, 0.29) is 0 Å². The van der Waals surface area contributed by atoms with Crippen LogP contribution in [0.15, 0.2) is 36.5 Å². The van der Waals surface area contributed by atoms with Crippen molar-refractivity contribution in [2.75, 3.05) is 0 Å². The van der Waals surface area contributed by atoms with Crippen LogP contribution in [0.4, 0.5) is 0 Å². The van der Waals surface area contributed by atoms with Crippen LogP contribution in [0.3, 0.4) is 0 Å². The maximum Gasteiger partial charge on any atom is 0.120 e. The molecule has 2 aromatic rings. The average Bonchev–Trinajstić information content (AvgIpc) is 2.40. The SMILES string of the molecule is Cc1ccc(OCc2ccnc(CN)c2)cc1C. The molecule has 0 atom stereocenters. The Balaban J connectivity index is 2.04. The standard InChI is InChI=1S/C15H18N2O/c1-11-3-4-15(7-12(11)2)18-10-13-5-6-17-14(8-13)9-16/h3-8H,9-10,16H2,1-2H3. The zero-order chi connectivity index (χ0) is 13.0. The molecule has 0 aliphatic rings. The van der Waals surface area contributed by atoms with Crippen molar-refractivity contribution in [2.24, 2.45) is 5.73 Å². The lowest BCUT2D eigenvalue weighted by Crippen LogP contribution is -2.02. The molecule has 0 spiro atoms. The van der Waals surface area contributed by atoms with Gasteiger partial charge in [0.05, 0.1) is 5.69 Å². The van der Waals surface area contributed by atoms with Gasteiger partial charge in [0, 0.05) is 12.7 Å². The first-order valence-corrected chi connectivity index (χ1v) is 6.03. The third-order valence-electron chi connectivity index (χ3n) is 2.97. The summed E-state index contributed by atoms with van der Waals surface area (Å²) in [5.74, 6) is 0.893. The third kappa shape index (κ3) is 3.08. The first-order valence-electron chi connectivity index (χ1n) is 6.03. The molecule has 2 rings (SSSR count). The number of ether oxygens (including phenoxy) is 1. The van der Waals surface area contributed by atoms with E-state index in [0.29, 0.717) is 13.2 Å². The van der Waals surface area contributed by atoms with E-state index in [1.54, 1.807) is 6.20 Å². The van der Waals surface area contributed by atoms with Crippen LogP contribution >= 0.6 is 0 Å². The quantitative estimate of drug-likeness (QED) is 0.896. The first kappa shape index (κ1) is 12.6. The minimum Gasteiger partial charge on any atom is -0.489 e. The van der Waals surface area contributed by atoms with Crippen LogP contribution in [-0.2, 0) is 13.2 Å². The molecule has 0 fully saturated rings. The lowest BCUT2D eigenvalue weighted by Gasteiger charge is -2.09. The number of aryl methyl sites for hydroxylation is 2. The van der Waals surface area contributed by atoms with Gasteiger partial charge in [-0.25, -0.2) is 0 Å². The molecule has 1 aromatic heterocycles. The zero-order valence-corrected chi connectivity index (χ0v) is 10.8. The minimum atomic E-state index is 0.456. The highest BCUT2D eigenvalue weighted by Gasteiger charge is 2.00. The van der Waals surface area contributed by atoms with Crippen LogP contribution in [0.25, 0.3) is 0 Å². The van der Waals surface area contributed by atoms with Crippen molar-refractivity contribution in [3.8, 4) is 5.75 Å². The third-order valence-corrected chi connectivity index (χ3v) is 2.97. The summed E-state index contributed by atoms with van der Waals surface area (Å²) in [6, 6.07) is 10.0. The average molecular weight is 242 g/mol. The van der Waals surface area contributed by atoms with Gasteiger partial charge in [-0.3, -0.25) is 4.98 Å². The van der Waals surface area contributed by atoms with Gasteiger partial charge in [-0.2, -0.15) is 0 Å². The van der Waals surface area contributed by atoms with Crippen LogP contribution in [0, 0.1) is 13.8 Å². The molecular formula is C15H18N2O. The lowest BCUT2D eigenvalue weighted by molar-refractivity contribution is 0.305. The molecule has 0 bridgehead atoms. The Hall–Kier alpha value is -1.87. The van der Waals surface area contributed by atoms with Crippen LogP contribution < -0.4 is 10.5 Å². The Kier molecular flexibility index (Phi) is 3.95. The normalized spacial score (nSPS) is 10.4. The van der Waals surface area contributed by atoms with E-state index in [9.17, 15) is 0 Å². The molecule has 0 unspecified atom stereocenters. The molecule has 1 aromatic carbocycles. The van der Waals surface area contributed by atoms with Gasteiger partial charge < -0.3 is 10.5 Å². The Bertz CT molecular complexity index is 538. The number of nitrogens with two attached hydrogens (primary N) is 1. The highest BCUT2D eigenvalue weighted by molar-refractivity contribution is 5.34. The van der Waals surface area contributed by atoms with Crippen molar-refractivity contribution in [3.63, 3.8) is 0 Å². The number of aromatic nitrogens is 1. The second-order valence-electron chi connectivity index (χ2n) is 4.39. The van der Waals surface area contributed by atoms with Crippen LogP contribution in [-0.4, -0.2) is 4.98 Å². The Morgan fingerprint density at radius 2 is 1.94 bits per heavy atom. The van der Waals surface area contributed by atoms with Crippen molar-refractivity contribution in [1.82, 2.24) is 4.98 Å². The first-order chi connectivity index (χ1) is 8.69. The maximum atomic E-state index is 5.76. The molecule has 2 N–H and O–H groups in total. The maximum absolute atomic E-state index is 5.76. The number of rotatable bonds is 4. The fourth-order valence-corrected chi connectivity index (χ4v) is 1.70. The minimum absolute atomic E-state index is 0.456. The second kappa shape index (κ2) is 5.65. The van der Waals surface area contributed by atoms with E-state index in [1.165, 1.54) is 11.1 Å². The van der Waals surface area contributed by atoms with E-state index in [1.807, 2.05) is 18.2 Å². The lowest BCUT2D eigenvalue weighted by atomic mass is 10.1. The molecule has 0 saturated heterocycles. The highest BCUT2D eigenvalue weighted by atomic mass is 16.5. The number of hydrogen-bond donors (Lipinski definition) is 1. The Morgan fingerprint density at radius 1 is 1.11 bits per heavy atom. The Labute approximate surface area is 108 Å². The molecule has 1 heterocycles. The van der Waals surface area contributed by atoms with Crippen molar-refractivity contribution < 1.29 is 4.74 Å². The fraction of sp³-hybridized carbons (Fsp3) is 0.267. The number of hydrogen-bond acceptors (Lipinski definition) is 3. The summed E-state index contributed by atoms with van der Waals surface area (Å²) in [6.07, 6.45) is 1.77. The molecule has 0 radical (unpaired) electrons. The van der Waals surface area contributed by atoms with E-state index < -0.39 is 0 Å². The molecule has 3 heteroatoms. The van der Waals surface area contributed by atoms with Crippen molar-refractivity contribution in [1.29, 1.82) is 0 Å². The number of pyridine rings is 1. The molecule has 0 aliphatic heterocycles. The van der Waals surface area contributed by atoms with E-state index in [0.717, 1.165) is 17.0 Å². The largest absolute Gasteiger partial charge is 0.489 e. The van der Waals surface area contributed by atoms with Crippen molar-refractivity contribution >= 4 is 0 Å². The van der Waals surface area contributed by atoms with Gasteiger partial charge in [0.1, 0.15) is 12.4 Å². The molecule has 0 aliphatic carbocycles. The highest BCUT2D eigenvalue weighted by Crippen LogP contribution is 2.17. The van der Waals surface area contributed by atoms with Crippen LogP contribution in [0.5, 0.6) is 5.75 Å². The van der Waals surface area contributed by atoms with Crippen LogP contribution in [0.2, 0.25) is 0 Å². The predicted molar refractivity (Wildman–Crippen MR) is 72.4 cm³/mol.